The molecule has 1 heteroatoms. The zero-order valence-corrected chi connectivity index (χ0v) is 5.66. The summed E-state index contributed by atoms with van der Waals surface area (Å²) in [6.45, 7) is 7.71. The molecule has 0 spiro atoms. The Morgan fingerprint density at radius 1 is 1.67 bits per heavy atom. The summed E-state index contributed by atoms with van der Waals surface area (Å²) >= 11 is 3.11. The number of allylic oxidation sites excluding steroid dienone is 1. The van der Waals surface area contributed by atoms with Crippen LogP contribution in [0.3, 0.4) is 0 Å². The van der Waals surface area contributed by atoms with Crippen LogP contribution in [0.4, 0.5) is 0 Å². The normalized spacial score (nSPS) is 11.3. The first-order valence-electron chi connectivity index (χ1n) is 1.86. The molecule has 0 N–H and O–H groups in total. The second-order valence-electron chi connectivity index (χ2n) is 1.69. The average molecular weight is 176 g/mol. The van der Waals surface area contributed by atoms with E-state index in [0.717, 1.165) is 0 Å². The maximum absolute atomic E-state index is 3.59. The summed E-state index contributed by atoms with van der Waals surface area (Å²) in [5.74, 6) is 0. The van der Waals surface area contributed by atoms with E-state index in [2.05, 4.69) is 39.6 Å². The van der Waals surface area contributed by atoms with E-state index >= 15 is 0 Å². The van der Waals surface area contributed by atoms with E-state index in [0.29, 0.717) is 0 Å². The molecule has 0 saturated carbocycles. The molecule has 0 bridgehead atoms. The molecule has 0 unspecified atom stereocenters. The average Bonchev–Trinajstić information content (AvgIpc) is 1.35. The third-order valence-electron chi connectivity index (χ3n) is 0.473. The molecule has 0 rings (SSSR count). The van der Waals surface area contributed by atoms with Crippen molar-refractivity contribution in [2.45, 2.75) is 17.7 Å². The van der Waals surface area contributed by atoms with Gasteiger partial charge in [-0.3, -0.25) is 0 Å². The summed E-state index contributed by atoms with van der Waals surface area (Å²) in [5.41, 5.74) is 0. The Bertz CT molecular complexity index is 49.4. The molecule has 0 aliphatic carbocycles. The predicted molar refractivity (Wildman–Crippen MR) is 24.2 cm³/mol. The third kappa shape index (κ3) is 4.40. The van der Waals surface area contributed by atoms with Gasteiger partial charge in [0.1, 0.15) is 0 Å². The van der Waals surface area contributed by atoms with Crippen molar-refractivity contribution in [1.82, 2.24) is 0 Å². The molecule has 0 aromatic heterocycles. The van der Waals surface area contributed by atoms with Crippen LogP contribution in [0.25, 0.3) is 0 Å². The van der Waals surface area contributed by atoms with Crippen molar-refractivity contribution in [3.8, 4) is 0 Å². The van der Waals surface area contributed by atoms with Crippen molar-refractivity contribution in [3.63, 3.8) is 0 Å². The minimum atomic E-state index is 0.156. The summed E-state index contributed by atoms with van der Waals surface area (Å²) in [6, 6.07) is 0. The van der Waals surface area contributed by atoms with Crippen molar-refractivity contribution >= 4 is 0 Å². The Balaban J connectivity index is 3.45. The first-order chi connectivity index (χ1) is 2.56. The summed E-state index contributed by atoms with van der Waals surface area (Å²) in [6.07, 6.45) is 1.87. The van der Waals surface area contributed by atoms with E-state index in [1.54, 1.807) is 0 Å². The predicted octanol–water partition coefficient (Wildman–Crippen LogP) is 1.92. The first kappa shape index (κ1) is 6.40. The SMILES string of the molecule is C=C[C](C)(C)[Pd]. The molecule has 0 amide bonds. The summed E-state index contributed by atoms with van der Waals surface area (Å²) < 4.78 is 0.156. The molecule has 0 radical (unpaired) electrons. The minimum absolute atomic E-state index is 0.156. The van der Waals surface area contributed by atoms with Gasteiger partial charge in [-0.2, -0.15) is 0 Å². The third-order valence-corrected chi connectivity index (χ3v) is 0.790. The van der Waals surface area contributed by atoms with Gasteiger partial charge in [0.2, 0.25) is 0 Å². The van der Waals surface area contributed by atoms with Gasteiger partial charge in [0.15, 0.2) is 0 Å². The van der Waals surface area contributed by atoms with Crippen molar-refractivity contribution in [2.24, 2.45) is 0 Å². The zero-order valence-electron chi connectivity index (χ0n) is 4.10. The van der Waals surface area contributed by atoms with Crippen LogP contribution in [0.1, 0.15) is 13.8 Å². The number of hydrogen-bond donors (Lipinski definition) is 0. The fourth-order valence-corrected chi connectivity index (χ4v) is 0. The van der Waals surface area contributed by atoms with Crippen LogP contribution < -0.4 is 0 Å². The quantitative estimate of drug-likeness (QED) is 0.422. The molecule has 0 saturated heterocycles. The van der Waals surface area contributed by atoms with Gasteiger partial charge in [0.25, 0.3) is 0 Å². The van der Waals surface area contributed by atoms with E-state index in [4.69, 9.17) is 0 Å². The monoisotopic (exact) mass is 175 g/mol. The Kier molecular flexibility index (Phi) is 2.04. The molecule has 0 aliphatic heterocycles. The van der Waals surface area contributed by atoms with E-state index < -0.39 is 0 Å². The Labute approximate surface area is 50.0 Å². The summed E-state index contributed by atoms with van der Waals surface area (Å²) in [4.78, 5) is 0. The number of hydrogen-bond acceptors (Lipinski definition) is 0. The molecule has 6 heavy (non-hydrogen) atoms. The van der Waals surface area contributed by atoms with Crippen molar-refractivity contribution < 1.29 is 19.2 Å². The second kappa shape index (κ2) is 1.91. The number of rotatable bonds is 1. The molecule has 0 aromatic carbocycles. The van der Waals surface area contributed by atoms with Crippen LogP contribution in [0, 0.1) is 0 Å². The fraction of sp³-hybridized carbons (Fsp3) is 0.600. The molecule has 39 valence electrons. The van der Waals surface area contributed by atoms with Gasteiger partial charge in [0, 0.05) is 0 Å². The van der Waals surface area contributed by atoms with Gasteiger partial charge >= 0.3 is 49.6 Å². The van der Waals surface area contributed by atoms with Gasteiger partial charge in [-0.25, -0.2) is 0 Å². The van der Waals surface area contributed by atoms with Crippen molar-refractivity contribution in [1.29, 1.82) is 0 Å². The Hall–Kier alpha value is 0.402. The van der Waals surface area contributed by atoms with Crippen LogP contribution in [-0.2, 0) is 19.2 Å². The summed E-state index contributed by atoms with van der Waals surface area (Å²) in [7, 11) is 0. The molecule has 0 heterocycles. The topological polar surface area (TPSA) is 0 Å². The summed E-state index contributed by atoms with van der Waals surface area (Å²) in [5, 5.41) is 0. The van der Waals surface area contributed by atoms with Gasteiger partial charge in [-0.15, -0.1) is 0 Å². The van der Waals surface area contributed by atoms with Crippen LogP contribution in [0.2, 0.25) is 3.89 Å². The van der Waals surface area contributed by atoms with E-state index in [9.17, 15) is 0 Å². The molecule has 0 fully saturated rings. The molecule has 0 atom stereocenters. The Morgan fingerprint density at radius 3 is 1.83 bits per heavy atom. The van der Waals surface area contributed by atoms with Crippen LogP contribution >= 0.6 is 0 Å². The van der Waals surface area contributed by atoms with Crippen molar-refractivity contribution in [3.05, 3.63) is 12.7 Å². The van der Waals surface area contributed by atoms with Crippen LogP contribution in [0.15, 0.2) is 12.7 Å². The second-order valence-corrected chi connectivity index (χ2v) is 3.69. The maximum atomic E-state index is 3.59. The standard InChI is InChI=1S/C5H9.Pd/c1-4-5(2)3;/h4H,1H2,2-3H3;. The van der Waals surface area contributed by atoms with Gasteiger partial charge < -0.3 is 0 Å². The van der Waals surface area contributed by atoms with Crippen LogP contribution in [-0.4, -0.2) is 0 Å². The van der Waals surface area contributed by atoms with Gasteiger partial charge in [-0.05, 0) is 0 Å². The van der Waals surface area contributed by atoms with Crippen LogP contribution in [0.5, 0.6) is 0 Å². The first-order valence-corrected chi connectivity index (χ1v) is 2.63. The zero-order chi connectivity index (χ0) is 5.21. The molecule has 0 aromatic rings. The van der Waals surface area contributed by atoms with E-state index in [1.807, 2.05) is 6.08 Å². The molecule has 0 aliphatic rings. The van der Waals surface area contributed by atoms with E-state index in [1.165, 1.54) is 0 Å². The Morgan fingerprint density at radius 2 is 1.83 bits per heavy atom. The molecular formula is C5H9Pd. The van der Waals surface area contributed by atoms with Gasteiger partial charge in [-0.1, -0.05) is 0 Å². The fourth-order valence-electron chi connectivity index (χ4n) is 0. The van der Waals surface area contributed by atoms with Crippen molar-refractivity contribution in [2.75, 3.05) is 0 Å². The van der Waals surface area contributed by atoms with E-state index in [-0.39, 0.29) is 3.89 Å². The molecular weight excluding hydrogens is 166 g/mol. The van der Waals surface area contributed by atoms with Gasteiger partial charge in [0.05, 0.1) is 0 Å². The molecule has 0 nitrogen and oxygen atoms in total.